The van der Waals surface area contributed by atoms with Crippen molar-refractivity contribution in [2.24, 2.45) is 5.92 Å². The van der Waals surface area contributed by atoms with Gasteiger partial charge in [-0.2, -0.15) is 0 Å². The van der Waals surface area contributed by atoms with Crippen LogP contribution in [-0.4, -0.2) is 67.5 Å². The Kier molecular flexibility index (Phi) is 4.43. The van der Waals surface area contributed by atoms with Crippen LogP contribution in [0.15, 0.2) is 24.5 Å². The second-order valence-corrected chi connectivity index (χ2v) is 11.3. The van der Waals surface area contributed by atoms with E-state index >= 15 is 0 Å². The van der Waals surface area contributed by atoms with Crippen LogP contribution in [0, 0.1) is 5.92 Å². The monoisotopic (exact) mass is 477 g/mol. The van der Waals surface area contributed by atoms with Crippen LogP contribution in [0.25, 0.3) is 20.4 Å². The lowest BCUT2D eigenvalue weighted by Crippen LogP contribution is -2.49. The van der Waals surface area contributed by atoms with E-state index in [9.17, 15) is 4.79 Å². The van der Waals surface area contributed by atoms with Gasteiger partial charge in [-0.05, 0) is 68.0 Å². The van der Waals surface area contributed by atoms with Gasteiger partial charge in [0.05, 0.1) is 10.1 Å². The van der Waals surface area contributed by atoms with Crippen LogP contribution in [0.4, 0.5) is 11.5 Å². The predicted molar refractivity (Wildman–Crippen MR) is 130 cm³/mol. The number of rotatable bonds is 3. The number of thiophene rings is 1. The number of hydrogen-bond donors (Lipinski definition) is 1. The molecule has 10 heteroatoms. The summed E-state index contributed by atoms with van der Waals surface area (Å²) in [6.45, 7) is 1.92. The summed E-state index contributed by atoms with van der Waals surface area (Å²) < 4.78 is 5.06. The maximum atomic E-state index is 13.4. The van der Waals surface area contributed by atoms with Crippen molar-refractivity contribution in [3.05, 3.63) is 35.0 Å². The van der Waals surface area contributed by atoms with E-state index in [1.807, 2.05) is 12.1 Å². The topological polar surface area (TPSA) is 87.1 Å². The van der Waals surface area contributed by atoms with E-state index in [1.54, 1.807) is 17.7 Å². The van der Waals surface area contributed by atoms with E-state index < -0.39 is 0 Å². The number of anilines is 2. The van der Waals surface area contributed by atoms with Crippen LogP contribution >= 0.6 is 22.9 Å². The largest absolute Gasteiger partial charge is 0.340 e. The van der Waals surface area contributed by atoms with Crippen LogP contribution in [0.3, 0.4) is 0 Å². The molecule has 2 aliphatic heterocycles. The molecule has 3 aliphatic rings. The highest BCUT2D eigenvalue weighted by atomic mass is 32.1. The molecule has 0 saturated carbocycles. The molecule has 2 bridgehead atoms. The molecule has 0 radical (unpaired) electrons. The van der Waals surface area contributed by atoms with E-state index in [0.717, 1.165) is 70.7 Å². The summed E-state index contributed by atoms with van der Waals surface area (Å²) in [5.74, 6) is 1.27. The van der Waals surface area contributed by atoms with Crippen molar-refractivity contribution in [2.45, 2.75) is 37.8 Å². The first-order chi connectivity index (χ1) is 16.1. The molecule has 2 fully saturated rings. The van der Waals surface area contributed by atoms with Gasteiger partial charge in [0.1, 0.15) is 22.5 Å². The third-order valence-corrected chi connectivity index (χ3v) is 9.35. The van der Waals surface area contributed by atoms with Crippen LogP contribution in [0.5, 0.6) is 0 Å². The predicted octanol–water partition coefficient (Wildman–Crippen LogP) is 3.46. The first kappa shape index (κ1) is 19.7. The van der Waals surface area contributed by atoms with Gasteiger partial charge in [-0.1, -0.05) is 4.49 Å². The molecule has 0 unspecified atom stereocenters. The van der Waals surface area contributed by atoms with Crippen molar-refractivity contribution >= 4 is 60.7 Å². The summed E-state index contributed by atoms with van der Waals surface area (Å²) in [4.78, 5) is 29.4. The third kappa shape index (κ3) is 3.15. The lowest BCUT2D eigenvalue weighted by atomic mass is 9.86. The third-order valence-electron chi connectivity index (χ3n) is 7.50. The number of benzene rings is 1. The minimum Gasteiger partial charge on any atom is -0.340 e. The molecule has 5 heterocycles. The molecular weight excluding hydrogens is 454 g/mol. The smallest absolute Gasteiger partial charge is 0.226 e. The number of nitrogens with one attached hydrogen (secondary N) is 1. The number of nitrogens with zero attached hydrogens (tertiary/aromatic N) is 6. The summed E-state index contributed by atoms with van der Waals surface area (Å²) in [5.41, 5.74) is 3.18. The van der Waals surface area contributed by atoms with Crippen molar-refractivity contribution in [2.75, 3.05) is 25.5 Å². The lowest BCUT2D eigenvalue weighted by molar-refractivity contribution is -0.138. The van der Waals surface area contributed by atoms with Crippen LogP contribution < -0.4 is 5.32 Å². The normalized spacial score (nSPS) is 24.6. The Labute approximate surface area is 198 Å². The molecule has 1 aromatic carbocycles. The molecule has 1 amide bonds. The number of hydrogen-bond acceptors (Lipinski definition) is 9. The van der Waals surface area contributed by atoms with Crippen LogP contribution in [-0.2, 0) is 17.6 Å². The number of fused-ring (bicyclic) bond motifs is 6. The van der Waals surface area contributed by atoms with E-state index in [2.05, 4.69) is 47.8 Å². The second-order valence-electron chi connectivity index (χ2n) is 9.40. The fraction of sp³-hybridized carbons (Fsp3) is 0.435. The molecular formula is C23H23N7OS2. The maximum Gasteiger partial charge on any atom is 0.226 e. The van der Waals surface area contributed by atoms with Crippen LogP contribution in [0.1, 0.15) is 23.3 Å². The van der Waals surface area contributed by atoms with Crippen LogP contribution in [0.2, 0.25) is 0 Å². The second kappa shape index (κ2) is 7.41. The highest BCUT2D eigenvalue weighted by Gasteiger charge is 2.45. The minimum atomic E-state index is 0.0841. The molecule has 4 aromatic rings. The average molecular weight is 478 g/mol. The van der Waals surface area contributed by atoms with Crippen molar-refractivity contribution < 1.29 is 4.79 Å². The van der Waals surface area contributed by atoms with E-state index in [0.29, 0.717) is 18.0 Å². The first-order valence-corrected chi connectivity index (χ1v) is 13.0. The number of aryl methyl sites for hydroxylation is 1. The van der Waals surface area contributed by atoms with Crippen molar-refractivity contribution in [3.8, 4) is 0 Å². The molecule has 3 atom stereocenters. The van der Waals surface area contributed by atoms with Gasteiger partial charge in [0, 0.05) is 41.7 Å². The Morgan fingerprint density at radius 3 is 3.00 bits per heavy atom. The Balaban J connectivity index is 1.17. The Bertz CT molecular complexity index is 1400. The Morgan fingerprint density at radius 2 is 2.15 bits per heavy atom. The van der Waals surface area contributed by atoms with Gasteiger partial charge in [0.2, 0.25) is 5.91 Å². The SMILES string of the molecule is CN1C[C@H]2C[C@@H]1CN2C(=O)[C@H]1CCc2c(sc3ncnc(Nc4ccc5nnsc5c4)c23)C1. The fourth-order valence-corrected chi connectivity index (χ4v) is 7.64. The molecule has 0 spiro atoms. The molecule has 1 aliphatic carbocycles. The first-order valence-electron chi connectivity index (χ1n) is 11.4. The Hall–Kier alpha value is -2.69. The standard InChI is InChI=1S/C23H23N7OS2/c1-29-9-15-8-14(29)10-30(15)23(31)12-2-4-16-18(6-12)32-22-20(16)21(24-11-25-22)26-13-3-5-17-19(7-13)33-28-27-17/h3,5,7,11-12,14-15H,2,4,6,8-10H2,1H3,(H,24,25,26)/t12-,14+,15+/m0/s1. The summed E-state index contributed by atoms with van der Waals surface area (Å²) in [7, 11) is 2.18. The fourth-order valence-electron chi connectivity index (χ4n) is 5.78. The highest BCUT2D eigenvalue weighted by molar-refractivity contribution is 7.19. The quantitative estimate of drug-likeness (QED) is 0.484. The molecule has 33 heavy (non-hydrogen) atoms. The number of likely N-dealkylation sites (tertiary alicyclic amines) is 2. The Morgan fingerprint density at radius 1 is 1.21 bits per heavy atom. The van der Waals surface area contributed by atoms with E-state index in [-0.39, 0.29) is 5.92 Å². The molecule has 1 N–H and O–H groups in total. The van der Waals surface area contributed by atoms with Gasteiger partial charge < -0.3 is 10.2 Å². The molecule has 7 rings (SSSR count). The number of carbonyl (C=O) groups excluding carboxylic acids is 1. The number of likely N-dealkylation sites (N-methyl/N-ethyl adjacent to an activating group) is 1. The highest BCUT2D eigenvalue weighted by Crippen LogP contribution is 2.42. The van der Waals surface area contributed by atoms with Gasteiger partial charge in [-0.3, -0.25) is 9.69 Å². The lowest BCUT2D eigenvalue weighted by Gasteiger charge is -2.35. The van der Waals surface area contributed by atoms with Gasteiger partial charge >= 0.3 is 0 Å². The average Bonchev–Trinajstić information content (AvgIpc) is 3.59. The number of aromatic nitrogens is 4. The minimum absolute atomic E-state index is 0.0841. The summed E-state index contributed by atoms with van der Waals surface area (Å²) in [5, 5.41) is 8.71. The maximum absolute atomic E-state index is 13.4. The molecule has 3 aromatic heterocycles. The summed E-state index contributed by atoms with van der Waals surface area (Å²) in [6.07, 6.45) is 5.37. The zero-order valence-corrected chi connectivity index (χ0v) is 19.8. The summed E-state index contributed by atoms with van der Waals surface area (Å²) >= 11 is 3.11. The number of amides is 1. The van der Waals surface area contributed by atoms with Gasteiger partial charge in [-0.25, -0.2) is 9.97 Å². The molecule has 168 valence electrons. The molecule has 8 nitrogen and oxygen atoms in total. The zero-order chi connectivity index (χ0) is 22.1. The number of piperazine rings is 1. The van der Waals surface area contributed by atoms with Gasteiger partial charge in [0.15, 0.2) is 0 Å². The van der Waals surface area contributed by atoms with Crippen molar-refractivity contribution in [1.82, 2.24) is 29.4 Å². The zero-order valence-electron chi connectivity index (χ0n) is 18.2. The molecule has 2 saturated heterocycles. The van der Waals surface area contributed by atoms with Gasteiger partial charge in [-0.15, -0.1) is 16.4 Å². The van der Waals surface area contributed by atoms with E-state index in [4.69, 9.17) is 0 Å². The van der Waals surface area contributed by atoms with E-state index in [1.165, 1.54) is 22.0 Å². The van der Waals surface area contributed by atoms with Gasteiger partial charge in [0.25, 0.3) is 0 Å². The van der Waals surface area contributed by atoms with Crippen molar-refractivity contribution in [1.29, 1.82) is 0 Å². The summed E-state index contributed by atoms with van der Waals surface area (Å²) in [6, 6.07) is 6.99. The van der Waals surface area contributed by atoms with Crippen molar-refractivity contribution in [3.63, 3.8) is 0 Å². The number of carbonyl (C=O) groups is 1.